The lowest BCUT2D eigenvalue weighted by Gasteiger charge is -2.36. The molecule has 0 fully saturated rings. The minimum Gasteiger partial charge on any atom is -0.338 e. The molecule has 3 aromatic rings. The van der Waals surface area contributed by atoms with Crippen LogP contribution in [0.5, 0.6) is 0 Å². The molecule has 1 atom stereocenters. The number of fused-ring (bicyclic) bond motifs is 1. The molecule has 0 saturated heterocycles. The average Bonchev–Trinajstić information content (AvgIpc) is 3.21. The molecule has 1 aromatic heterocycles. The lowest BCUT2D eigenvalue weighted by Crippen LogP contribution is -2.49. The largest absolute Gasteiger partial charge is 0.338 e. The topological polar surface area (TPSA) is 59.0 Å². The van der Waals surface area contributed by atoms with Gasteiger partial charge in [-0.25, -0.2) is 13.9 Å². The molecule has 1 heterocycles. The van der Waals surface area contributed by atoms with E-state index in [0.29, 0.717) is 19.4 Å². The quantitative estimate of drug-likeness (QED) is 0.414. The van der Waals surface area contributed by atoms with Crippen LogP contribution >= 0.6 is 0 Å². The normalized spacial score (nSPS) is 15.4. The van der Waals surface area contributed by atoms with Crippen LogP contribution in [-0.4, -0.2) is 27.9 Å². The Kier molecular flexibility index (Phi) is 6.84. The second-order valence-electron chi connectivity index (χ2n) is 11.0. The van der Waals surface area contributed by atoms with E-state index in [-0.39, 0.29) is 28.7 Å². The van der Waals surface area contributed by atoms with E-state index in [9.17, 15) is 9.18 Å². The van der Waals surface area contributed by atoms with Crippen molar-refractivity contribution in [2.24, 2.45) is 5.41 Å². The van der Waals surface area contributed by atoms with Crippen molar-refractivity contribution < 1.29 is 9.18 Å². The minimum absolute atomic E-state index is 0.0531. The van der Waals surface area contributed by atoms with E-state index in [1.807, 2.05) is 43.8 Å². The Morgan fingerprint density at radius 3 is 2.43 bits per heavy atom. The van der Waals surface area contributed by atoms with Gasteiger partial charge in [-0.1, -0.05) is 50.2 Å². The number of allylic oxidation sites excluding steroid dienone is 4. The number of hydrogen-bond donors (Lipinski definition) is 2. The van der Waals surface area contributed by atoms with Crippen LogP contribution in [0.15, 0.2) is 72.7 Å². The van der Waals surface area contributed by atoms with Crippen LogP contribution in [-0.2, 0) is 0 Å². The maximum Gasteiger partial charge on any atom is 0.315 e. The zero-order valence-electron chi connectivity index (χ0n) is 21.2. The molecule has 6 heteroatoms. The van der Waals surface area contributed by atoms with Crippen molar-refractivity contribution in [1.29, 1.82) is 0 Å². The lowest BCUT2D eigenvalue weighted by molar-refractivity contribution is 0.222. The van der Waals surface area contributed by atoms with Gasteiger partial charge in [-0.15, -0.1) is 0 Å². The van der Waals surface area contributed by atoms with Crippen LogP contribution in [0.3, 0.4) is 0 Å². The number of benzene rings is 2. The van der Waals surface area contributed by atoms with Crippen molar-refractivity contribution in [2.75, 3.05) is 6.54 Å². The molecule has 2 amide bonds. The highest BCUT2D eigenvalue weighted by atomic mass is 19.1. The van der Waals surface area contributed by atoms with Gasteiger partial charge < -0.3 is 10.6 Å². The first kappa shape index (κ1) is 24.7. The highest BCUT2D eigenvalue weighted by Gasteiger charge is 2.33. The fourth-order valence-corrected chi connectivity index (χ4v) is 4.77. The molecule has 0 aliphatic heterocycles. The predicted octanol–water partition coefficient (Wildman–Crippen LogP) is 6.78. The number of rotatable bonds is 6. The van der Waals surface area contributed by atoms with Crippen molar-refractivity contribution in [1.82, 2.24) is 20.4 Å². The first-order valence-corrected chi connectivity index (χ1v) is 12.2. The van der Waals surface area contributed by atoms with E-state index in [1.165, 1.54) is 11.6 Å². The molecule has 0 radical (unpaired) electrons. The number of carbonyl (C=O) groups is 1. The first-order valence-electron chi connectivity index (χ1n) is 12.2. The zero-order chi connectivity index (χ0) is 25.2. The lowest BCUT2D eigenvalue weighted by atomic mass is 9.71. The van der Waals surface area contributed by atoms with Crippen molar-refractivity contribution in [3.63, 3.8) is 0 Å². The Morgan fingerprint density at radius 1 is 1.03 bits per heavy atom. The summed E-state index contributed by atoms with van der Waals surface area (Å²) in [6, 6.07) is 16.7. The first-order chi connectivity index (χ1) is 16.5. The molecule has 4 rings (SSSR count). The van der Waals surface area contributed by atoms with Gasteiger partial charge in [-0.2, -0.15) is 5.10 Å². The van der Waals surface area contributed by atoms with E-state index in [1.54, 1.807) is 0 Å². The van der Waals surface area contributed by atoms with Gasteiger partial charge in [0, 0.05) is 35.5 Å². The summed E-state index contributed by atoms with van der Waals surface area (Å²) >= 11 is 0. The zero-order valence-corrected chi connectivity index (χ0v) is 21.2. The Bertz CT molecular complexity index is 1260. The average molecular weight is 475 g/mol. The Labute approximate surface area is 207 Å². The van der Waals surface area contributed by atoms with Gasteiger partial charge >= 0.3 is 6.03 Å². The van der Waals surface area contributed by atoms with Crippen molar-refractivity contribution >= 4 is 22.6 Å². The number of nitrogens with one attached hydrogen (secondary N) is 2. The highest BCUT2D eigenvalue weighted by Crippen LogP contribution is 2.41. The summed E-state index contributed by atoms with van der Waals surface area (Å²) < 4.78 is 15.4. The number of aromatic nitrogens is 2. The SMILES string of the molecule is CC(C)(C)NC(=O)NCC(C)(C)C(c1ccccc1)c1ccc2c(cnn2C2=CC=C(F)CC2)c1. The molecular formula is C29H35FN4O. The van der Waals surface area contributed by atoms with Crippen LogP contribution in [0.4, 0.5) is 9.18 Å². The van der Waals surface area contributed by atoms with Gasteiger partial charge in [-0.05, 0) is 68.0 Å². The predicted molar refractivity (Wildman–Crippen MR) is 141 cm³/mol. The molecule has 1 unspecified atom stereocenters. The van der Waals surface area contributed by atoms with Crippen LogP contribution < -0.4 is 10.6 Å². The van der Waals surface area contributed by atoms with Crippen LogP contribution in [0.2, 0.25) is 0 Å². The molecule has 0 spiro atoms. The number of hydrogen-bond acceptors (Lipinski definition) is 2. The Balaban J connectivity index is 1.66. The van der Waals surface area contributed by atoms with Gasteiger partial charge in [0.15, 0.2) is 0 Å². The van der Waals surface area contributed by atoms with E-state index < -0.39 is 0 Å². The molecule has 2 aromatic carbocycles. The van der Waals surface area contributed by atoms with E-state index in [2.05, 4.69) is 72.0 Å². The summed E-state index contributed by atoms with van der Waals surface area (Å²) in [4.78, 5) is 12.5. The van der Waals surface area contributed by atoms with Crippen LogP contribution in [0.1, 0.15) is 64.5 Å². The molecule has 0 bridgehead atoms. The molecule has 184 valence electrons. The number of amides is 2. The monoisotopic (exact) mass is 474 g/mol. The molecule has 0 saturated carbocycles. The summed E-state index contributed by atoms with van der Waals surface area (Å²) in [5.41, 5.74) is 3.78. The number of nitrogens with zero attached hydrogens (tertiary/aromatic N) is 2. The van der Waals surface area contributed by atoms with Crippen molar-refractivity contribution in [3.8, 4) is 0 Å². The third-order valence-electron chi connectivity index (χ3n) is 6.38. The molecule has 1 aliphatic carbocycles. The summed E-state index contributed by atoms with van der Waals surface area (Å²) in [5, 5.41) is 11.7. The van der Waals surface area contributed by atoms with Crippen LogP contribution in [0.25, 0.3) is 16.6 Å². The van der Waals surface area contributed by atoms with E-state index in [0.717, 1.165) is 22.2 Å². The molecular weight excluding hydrogens is 439 g/mol. The molecule has 1 aliphatic rings. The summed E-state index contributed by atoms with van der Waals surface area (Å²) in [6.07, 6.45) is 6.24. The molecule has 2 N–H and O–H groups in total. The Morgan fingerprint density at radius 2 is 1.77 bits per heavy atom. The molecule has 35 heavy (non-hydrogen) atoms. The van der Waals surface area contributed by atoms with E-state index >= 15 is 0 Å². The molecule has 5 nitrogen and oxygen atoms in total. The second kappa shape index (κ2) is 9.68. The smallest absolute Gasteiger partial charge is 0.315 e. The Hall–Kier alpha value is -3.41. The third kappa shape index (κ3) is 5.81. The summed E-state index contributed by atoms with van der Waals surface area (Å²) in [7, 11) is 0. The highest BCUT2D eigenvalue weighted by molar-refractivity contribution is 5.83. The van der Waals surface area contributed by atoms with Crippen molar-refractivity contribution in [3.05, 3.63) is 83.8 Å². The fraction of sp³-hybridized carbons (Fsp3) is 0.379. The summed E-state index contributed by atoms with van der Waals surface area (Å²) in [5.74, 6) is -0.0393. The maximum atomic E-state index is 13.5. The summed E-state index contributed by atoms with van der Waals surface area (Å²) in [6.45, 7) is 10.8. The van der Waals surface area contributed by atoms with Crippen LogP contribution in [0, 0.1) is 5.41 Å². The minimum atomic E-state index is -0.298. The van der Waals surface area contributed by atoms with Gasteiger partial charge in [0.25, 0.3) is 0 Å². The van der Waals surface area contributed by atoms with E-state index in [4.69, 9.17) is 0 Å². The standard InChI is InChI=1S/C29H35FN4O/c1-28(2,3)33-27(35)31-19-29(4,5)26(20-9-7-6-8-10-20)21-11-16-25-22(17-21)18-32-34(25)24-14-12-23(30)13-15-24/h6-12,14,16-18,26H,13,15,19H2,1-5H3,(H2,31,33,35). The van der Waals surface area contributed by atoms with Gasteiger partial charge in [0.1, 0.15) is 5.83 Å². The van der Waals surface area contributed by atoms with Gasteiger partial charge in [-0.3, -0.25) is 0 Å². The maximum absolute atomic E-state index is 13.5. The van der Waals surface area contributed by atoms with Gasteiger partial charge in [0.2, 0.25) is 0 Å². The second-order valence-corrected chi connectivity index (χ2v) is 11.0. The van der Waals surface area contributed by atoms with Crippen molar-refractivity contribution in [2.45, 2.75) is 58.9 Å². The van der Waals surface area contributed by atoms with Gasteiger partial charge in [0.05, 0.1) is 11.7 Å². The number of halogens is 1. The number of carbonyl (C=O) groups excluding carboxylic acids is 1. The number of urea groups is 1. The third-order valence-corrected chi connectivity index (χ3v) is 6.38. The fourth-order valence-electron chi connectivity index (χ4n) is 4.77.